The molecule has 4 heteroatoms. The number of benzene rings is 1. The predicted octanol–water partition coefficient (Wildman–Crippen LogP) is 2.30. The number of hydrogen-bond donors (Lipinski definition) is 2. The summed E-state index contributed by atoms with van der Waals surface area (Å²) >= 11 is 0. The first kappa shape index (κ1) is 11.3. The predicted molar refractivity (Wildman–Crippen MR) is 65.7 cm³/mol. The maximum Gasteiger partial charge on any atom is 0.248 e. The smallest absolute Gasteiger partial charge is 0.248 e. The molecule has 17 heavy (non-hydrogen) atoms. The molecule has 4 nitrogen and oxygen atoms in total. The van der Waals surface area contributed by atoms with E-state index in [9.17, 15) is 4.79 Å². The van der Waals surface area contributed by atoms with Crippen LogP contribution in [0.15, 0.2) is 41.2 Å². The highest BCUT2D eigenvalue weighted by atomic mass is 16.3. The molecule has 1 amide bonds. The number of furan rings is 1. The van der Waals surface area contributed by atoms with E-state index in [1.807, 2.05) is 19.1 Å². The summed E-state index contributed by atoms with van der Waals surface area (Å²) in [6.07, 6.45) is 3.33. The monoisotopic (exact) mass is 230 g/mol. The fourth-order valence-corrected chi connectivity index (χ4v) is 1.61. The van der Waals surface area contributed by atoms with Gasteiger partial charge in [-0.25, -0.2) is 0 Å². The van der Waals surface area contributed by atoms with E-state index in [-0.39, 0.29) is 0 Å². The summed E-state index contributed by atoms with van der Waals surface area (Å²) in [5, 5.41) is 3.27. The van der Waals surface area contributed by atoms with Crippen LogP contribution in [-0.2, 0) is 6.54 Å². The number of nitrogens with two attached hydrogens (primary N) is 1. The number of nitrogens with one attached hydrogen (secondary N) is 1. The highest BCUT2D eigenvalue weighted by molar-refractivity contribution is 5.93. The van der Waals surface area contributed by atoms with Gasteiger partial charge in [-0.1, -0.05) is 0 Å². The Morgan fingerprint density at radius 2 is 2.24 bits per heavy atom. The van der Waals surface area contributed by atoms with Crippen LogP contribution < -0.4 is 11.1 Å². The third kappa shape index (κ3) is 2.66. The largest absolute Gasteiger partial charge is 0.472 e. The van der Waals surface area contributed by atoms with Gasteiger partial charge in [0.2, 0.25) is 5.91 Å². The molecule has 0 bridgehead atoms. The molecule has 0 saturated heterocycles. The number of amides is 1. The van der Waals surface area contributed by atoms with E-state index in [0.29, 0.717) is 12.1 Å². The zero-order valence-electron chi connectivity index (χ0n) is 9.57. The van der Waals surface area contributed by atoms with Gasteiger partial charge in [0.25, 0.3) is 0 Å². The van der Waals surface area contributed by atoms with Gasteiger partial charge < -0.3 is 15.5 Å². The van der Waals surface area contributed by atoms with Crippen molar-refractivity contribution in [3.63, 3.8) is 0 Å². The zero-order chi connectivity index (χ0) is 12.3. The van der Waals surface area contributed by atoms with Crippen LogP contribution in [0, 0.1) is 6.92 Å². The third-order valence-electron chi connectivity index (χ3n) is 2.57. The molecule has 0 aliphatic rings. The van der Waals surface area contributed by atoms with Crippen LogP contribution in [0.5, 0.6) is 0 Å². The molecule has 0 fully saturated rings. The highest BCUT2D eigenvalue weighted by Gasteiger charge is 2.04. The average molecular weight is 230 g/mol. The van der Waals surface area contributed by atoms with Crippen LogP contribution in [0.25, 0.3) is 0 Å². The SMILES string of the molecule is Cc1cc(C(N)=O)ccc1NCc1ccoc1. The molecule has 2 rings (SSSR count). The second kappa shape index (κ2) is 4.74. The molecule has 1 heterocycles. The zero-order valence-corrected chi connectivity index (χ0v) is 9.57. The Morgan fingerprint density at radius 3 is 2.82 bits per heavy atom. The van der Waals surface area contributed by atoms with Crippen molar-refractivity contribution in [1.82, 2.24) is 0 Å². The van der Waals surface area contributed by atoms with E-state index < -0.39 is 5.91 Å². The van der Waals surface area contributed by atoms with Crippen LogP contribution in [0.2, 0.25) is 0 Å². The highest BCUT2D eigenvalue weighted by Crippen LogP contribution is 2.17. The van der Waals surface area contributed by atoms with Crippen molar-refractivity contribution in [3.05, 3.63) is 53.5 Å². The Balaban J connectivity index is 2.09. The van der Waals surface area contributed by atoms with Gasteiger partial charge in [0, 0.05) is 23.4 Å². The van der Waals surface area contributed by atoms with Gasteiger partial charge in [0.15, 0.2) is 0 Å². The lowest BCUT2D eigenvalue weighted by Crippen LogP contribution is -2.11. The second-order valence-corrected chi connectivity index (χ2v) is 3.88. The first-order valence-corrected chi connectivity index (χ1v) is 5.32. The molecule has 0 saturated carbocycles. The average Bonchev–Trinajstić information content (AvgIpc) is 2.80. The summed E-state index contributed by atoms with van der Waals surface area (Å²) in [5.41, 5.74) is 8.78. The topological polar surface area (TPSA) is 68.3 Å². The quantitative estimate of drug-likeness (QED) is 0.846. The van der Waals surface area contributed by atoms with Crippen molar-refractivity contribution in [1.29, 1.82) is 0 Å². The summed E-state index contributed by atoms with van der Waals surface area (Å²) in [6, 6.07) is 7.25. The third-order valence-corrected chi connectivity index (χ3v) is 2.57. The number of hydrogen-bond acceptors (Lipinski definition) is 3. The molecule has 2 aromatic rings. The number of aryl methyl sites for hydroxylation is 1. The first-order chi connectivity index (χ1) is 8.16. The van der Waals surface area contributed by atoms with E-state index in [2.05, 4.69) is 5.32 Å². The van der Waals surface area contributed by atoms with Crippen molar-refractivity contribution in [2.45, 2.75) is 13.5 Å². The van der Waals surface area contributed by atoms with Gasteiger partial charge in [-0.05, 0) is 36.8 Å². The summed E-state index contributed by atoms with van der Waals surface area (Å²) in [5.74, 6) is -0.408. The molecule has 1 aromatic carbocycles. The number of carbonyl (C=O) groups excluding carboxylic acids is 1. The lowest BCUT2D eigenvalue weighted by molar-refractivity contribution is 0.1000. The van der Waals surface area contributed by atoms with E-state index in [1.54, 1.807) is 24.7 Å². The second-order valence-electron chi connectivity index (χ2n) is 3.88. The summed E-state index contributed by atoms with van der Waals surface area (Å²) in [7, 11) is 0. The maximum atomic E-state index is 11.0. The first-order valence-electron chi connectivity index (χ1n) is 5.32. The number of rotatable bonds is 4. The Kier molecular flexibility index (Phi) is 3.14. The Morgan fingerprint density at radius 1 is 1.41 bits per heavy atom. The maximum absolute atomic E-state index is 11.0. The van der Waals surface area contributed by atoms with E-state index in [1.165, 1.54) is 0 Å². The Hall–Kier alpha value is -2.23. The standard InChI is InChI=1S/C13H14N2O2/c1-9-6-11(13(14)16)2-3-12(9)15-7-10-4-5-17-8-10/h2-6,8,15H,7H2,1H3,(H2,14,16). The van der Waals surface area contributed by atoms with Gasteiger partial charge in [0.1, 0.15) is 0 Å². The lowest BCUT2D eigenvalue weighted by Gasteiger charge is -2.09. The minimum Gasteiger partial charge on any atom is -0.472 e. The Labute approximate surface area is 99.4 Å². The van der Waals surface area contributed by atoms with Gasteiger partial charge in [-0.3, -0.25) is 4.79 Å². The van der Waals surface area contributed by atoms with Gasteiger partial charge in [-0.2, -0.15) is 0 Å². The normalized spacial score (nSPS) is 10.2. The fraction of sp³-hybridized carbons (Fsp3) is 0.154. The van der Waals surface area contributed by atoms with Crippen molar-refractivity contribution >= 4 is 11.6 Å². The van der Waals surface area contributed by atoms with Crippen molar-refractivity contribution in [2.75, 3.05) is 5.32 Å². The Bertz CT molecular complexity index is 518. The molecular formula is C13H14N2O2. The van der Waals surface area contributed by atoms with Crippen LogP contribution in [-0.4, -0.2) is 5.91 Å². The van der Waals surface area contributed by atoms with Gasteiger partial charge >= 0.3 is 0 Å². The number of carbonyl (C=O) groups is 1. The van der Waals surface area contributed by atoms with Crippen LogP contribution >= 0.6 is 0 Å². The molecule has 88 valence electrons. The lowest BCUT2D eigenvalue weighted by atomic mass is 10.1. The van der Waals surface area contributed by atoms with Crippen molar-refractivity contribution in [3.8, 4) is 0 Å². The molecule has 1 aromatic heterocycles. The minimum absolute atomic E-state index is 0.408. The molecule has 0 atom stereocenters. The molecule has 0 radical (unpaired) electrons. The molecule has 3 N–H and O–H groups in total. The molecule has 0 spiro atoms. The van der Waals surface area contributed by atoms with Gasteiger partial charge in [0.05, 0.1) is 12.5 Å². The molecular weight excluding hydrogens is 216 g/mol. The fourth-order valence-electron chi connectivity index (χ4n) is 1.61. The molecule has 0 aliphatic carbocycles. The minimum atomic E-state index is -0.408. The summed E-state index contributed by atoms with van der Waals surface area (Å²) in [4.78, 5) is 11.0. The van der Waals surface area contributed by atoms with Gasteiger partial charge in [-0.15, -0.1) is 0 Å². The van der Waals surface area contributed by atoms with E-state index in [4.69, 9.17) is 10.2 Å². The molecule has 0 aliphatic heterocycles. The van der Waals surface area contributed by atoms with Crippen molar-refractivity contribution in [2.24, 2.45) is 5.73 Å². The van der Waals surface area contributed by atoms with E-state index in [0.717, 1.165) is 16.8 Å². The van der Waals surface area contributed by atoms with Crippen LogP contribution in [0.3, 0.4) is 0 Å². The van der Waals surface area contributed by atoms with Crippen LogP contribution in [0.4, 0.5) is 5.69 Å². The number of anilines is 1. The van der Waals surface area contributed by atoms with Crippen LogP contribution in [0.1, 0.15) is 21.5 Å². The van der Waals surface area contributed by atoms with Crippen molar-refractivity contribution < 1.29 is 9.21 Å². The number of primary amides is 1. The molecule has 0 unspecified atom stereocenters. The summed E-state index contributed by atoms with van der Waals surface area (Å²) < 4.78 is 4.98. The van der Waals surface area contributed by atoms with E-state index >= 15 is 0 Å². The summed E-state index contributed by atoms with van der Waals surface area (Å²) in [6.45, 7) is 2.62.